The molecular formula is C13H19N5O. The fourth-order valence-corrected chi connectivity index (χ4v) is 1.83. The Morgan fingerprint density at radius 2 is 1.84 bits per heavy atom. The first kappa shape index (κ1) is 13.3. The van der Waals surface area contributed by atoms with E-state index >= 15 is 0 Å². The third kappa shape index (κ3) is 3.94. The lowest BCUT2D eigenvalue weighted by atomic mass is 10.0. The van der Waals surface area contributed by atoms with Crippen molar-refractivity contribution >= 4 is 5.91 Å². The van der Waals surface area contributed by atoms with Crippen molar-refractivity contribution in [3.63, 3.8) is 0 Å². The largest absolute Gasteiger partial charge is 0.350 e. The molecule has 0 aliphatic rings. The predicted molar refractivity (Wildman–Crippen MR) is 71.2 cm³/mol. The first-order valence-electron chi connectivity index (χ1n) is 6.39. The zero-order valence-electron chi connectivity index (χ0n) is 11.2. The van der Waals surface area contributed by atoms with Gasteiger partial charge in [0.1, 0.15) is 6.54 Å². The summed E-state index contributed by atoms with van der Waals surface area (Å²) in [6.45, 7) is 5.07. The normalized spacial score (nSPS) is 12.6. The molecule has 19 heavy (non-hydrogen) atoms. The van der Waals surface area contributed by atoms with Crippen LogP contribution in [0.15, 0.2) is 36.9 Å². The standard InChI is InChI=1S/C13H19N5O/c1-11(2)12(9-18-14-5-6-15-18)16-13(19)10-17-7-3-4-8-17/h3-8,11-12H,9-10H2,1-2H3,(H,16,19). The fourth-order valence-electron chi connectivity index (χ4n) is 1.83. The second kappa shape index (κ2) is 6.17. The highest BCUT2D eigenvalue weighted by Gasteiger charge is 2.17. The highest BCUT2D eigenvalue weighted by Crippen LogP contribution is 2.04. The van der Waals surface area contributed by atoms with Gasteiger partial charge >= 0.3 is 0 Å². The molecule has 0 aromatic carbocycles. The van der Waals surface area contributed by atoms with Gasteiger partial charge in [-0.3, -0.25) is 4.79 Å². The maximum absolute atomic E-state index is 12.0. The van der Waals surface area contributed by atoms with Gasteiger partial charge in [0.05, 0.1) is 25.0 Å². The number of carbonyl (C=O) groups excluding carboxylic acids is 1. The van der Waals surface area contributed by atoms with Crippen molar-refractivity contribution in [2.24, 2.45) is 5.92 Å². The van der Waals surface area contributed by atoms with Gasteiger partial charge in [-0.25, -0.2) is 0 Å². The first-order valence-corrected chi connectivity index (χ1v) is 6.39. The molecule has 2 rings (SSSR count). The molecule has 1 unspecified atom stereocenters. The monoisotopic (exact) mass is 261 g/mol. The second-order valence-electron chi connectivity index (χ2n) is 4.86. The molecule has 2 aromatic rings. The van der Waals surface area contributed by atoms with E-state index in [0.717, 1.165) is 0 Å². The second-order valence-corrected chi connectivity index (χ2v) is 4.86. The highest BCUT2D eigenvalue weighted by atomic mass is 16.2. The third-order valence-electron chi connectivity index (χ3n) is 2.97. The van der Waals surface area contributed by atoms with Crippen LogP contribution in [0, 0.1) is 5.92 Å². The molecule has 6 heteroatoms. The molecule has 0 bridgehead atoms. The van der Waals surface area contributed by atoms with Crippen LogP contribution in [0.3, 0.4) is 0 Å². The van der Waals surface area contributed by atoms with Crippen LogP contribution in [0.5, 0.6) is 0 Å². The van der Waals surface area contributed by atoms with Crippen LogP contribution in [-0.2, 0) is 17.9 Å². The number of carbonyl (C=O) groups is 1. The number of rotatable bonds is 6. The molecule has 0 radical (unpaired) electrons. The van der Waals surface area contributed by atoms with Crippen molar-refractivity contribution in [2.45, 2.75) is 33.0 Å². The van der Waals surface area contributed by atoms with Crippen molar-refractivity contribution in [3.05, 3.63) is 36.9 Å². The number of aromatic nitrogens is 4. The number of hydrogen-bond acceptors (Lipinski definition) is 3. The molecular weight excluding hydrogens is 242 g/mol. The van der Waals surface area contributed by atoms with E-state index in [1.54, 1.807) is 17.2 Å². The fraction of sp³-hybridized carbons (Fsp3) is 0.462. The van der Waals surface area contributed by atoms with E-state index in [1.807, 2.05) is 29.1 Å². The maximum Gasteiger partial charge on any atom is 0.240 e. The summed E-state index contributed by atoms with van der Waals surface area (Å²) < 4.78 is 1.85. The van der Waals surface area contributed by atoms with Gasteiger partial charge in [-0.2, -0.15) is 15.0 Å². The van der Waals surface area contributed by atoms with Gasteiger partial charge in [-0.05, 0) is 18.1 Å². The van der Waals surface area contributed by atoms with Gasteiger partial charge in [0, 0.05) is 12.4 Å². The van der Waals surface area contributed by atoms with Crippen LogP contribution >= 0.6 is 0 Å². The van der Waals surface area contributed by atoms with Crippen LogP contribution in [0.25, 0.3) is 0 Å². The summed E-state index contributed by atoms with van der Waals surface area (Å²) in [5.74, 6) is 0.321. The molecule has 1 N–H and O–H groups in total. The zero-order chi connectivity index (χ0) is 13.7. The Morgan fingerprint density at radius 1 is 1.21 bits per heavy atom. The Morgan fingerprint density at radius 3 is 2.42 bits per heavy atom. The summed E-state index contributed by atoms with van der Waals surface area (Å²) in [6, 6.07) is 3.83. The van der Waals surface area contributed by atoms with E-state index < -0.39 is 0 Å². The molecule has 0 aliphatic heterocycles. The van der Waals surface area contributed by atoms with Crippen molar-refractivity contribution < 1.29 is 4.79 Å². The van der Waals surface area contributed by atoms with Crippen LogP contribution < -0.4 is 5.32 Å². The minimum atomic E-state index is 0.00190. The number of nitrogens with zero attached hydrogens (tertiary/aromatic N) is 4. The van der Waals surface area contributed by atoms with Crippen LogP contribution in [0.2, 0.25) is 0 Å². The van der Waals surface area contributed by atoms with Crippen LogP contribution in [0.1, 0.15) is 13.8 Å². The molecule has 1 amide bonds. The summed E-state index contributed by atoms with van der Waals surface area (Å²) in [7, 11) is 0. The van der Waals surface area contributed by atoms with Crippen LogP contribution in [-0.4, -0.2) is 31.5 Å². The SMILES string of the molecule is CC(C)C(Cn1nccn1)NC(=O)Cn1cccc1. The molecule has 6 nitrogen and oxygen atoms in total. The molecule has 0 aliphatic carbocycles. The van der Waals surface area contributed by atoms with E-state index in [-0.39, 0.29) is 11.9 Å². The lowest BCUT2D eigenvalue weighted by Gasteiger charge is -2.22. The lowest BCUT2D eigenvalue weighted by molar-refractivity contribution is -0.122. The van der Waals surface area contributed by atoms with Gasteiger partial charge in [-0.15, -0.1) is 0 Å². The molecule has 0 saturated heterocycles. The summed E-state index contributed by atoms with van der Waals surface area (Å²) in [6.07, 6.45) is 7.02. The van der Waals surface area contributed by atoms with E-state index in [0.29, 0.717) is 19.0 Å². The first-order chi connectivity index (χ1) is 9.15. The van der Waals surface area contributed by atoms with Crippen molar-refractivity contribution in [1.29, 1.82) is 0 Å². The van der Waals surface area contributed by atoms with Gasteiger partial charge in [0.15, 0.2) is 0 Å². The van der Waals surface area contributed by atoms with Gasteiger partial charge in [0.2, 0.25) is 5.91 Å². The van der Waals surface area contributed by atoms with E-state index in [4.69, 9.17) is 0 Å². The topological polar surface area (TPSA) is 64.7 Å². The summed E-state index contributed by atoms with van der Waals surface area (Å²) >= 11 is 0. The maximum atomic E-state index is 12.0. The molecule has 1 atom stereocenters. The molecule has 0 saturated carbocycles. The Balaban J connectivity index is 1.91. The Hall–Kier alpha value is -2.11. The molecule has 102 valence electrons. The predicted octanol–water partition coefficient (Wildman–Crippen LogP) is 0.921. The van der Waals surface area contributed by atoms with Crippen molar-refractivity contribution in [2.75, 3.05) is 0 Å². The average Bonchev–Trinajstić information content (AvgIpc) is 3.00. The number of hydrogen-bond donors (Lipinski definition) is 1. The molecule has 0 fully saturated rings. The molecule has 0 spiro atoms. The molecule has 2 heterocycles. The Labute approximate surface area is 112 Å². The smallest absolute Gasteiger partial charge is 0.240 e. The minimum absolute atomic E-state index is 0.00190. The van der Waals surface area contributed by atoms with Gasteiger partial charge in [-0.1, -0.05) is 13.8 Å². The number of amides is 1. The summed E-state index contributed by atoms with van der Waals surface area (Å²) in [5.41, 5.74) is 0. The lowest BCUT2D eigenvalue weighted by Crippen LogP contribution is -2.43. The summed E-state index contributed by atoms with van der Waals surface area (Å²) in [4.78, 5) is 13.6. The quantitative estimate of drug-likeness (QED) is 0.841. The van der Waals surface area contributed by atoms with E-state index in [1.165, 1.54) is 0 Å². The van der Waals surface area contributed by atoms with E-state index in [9.17, 15) is 4.79 Å². The Bertz CT molecular complexity index is 489. The average molecular weight is 261 g/mol. The van der Waals surface area contributed by atoms with Crippen molar-refractivity contribution in [1.82, 2.24) is 24.9 Å². The van der Waals surface area contributed by atoms with E-state index in [2.05, 4.69) is 29.4 Å². The van der Waals surface area contributed by atoms with Gasteiger partial charge in [0.25, 0.3) is 0 Å². The third-order valence-corrected chi connectivity index (χ3v) is 2.97. The van der Waals surface area contributed by atoms with Gasteiger partial charge < -0.3 is 9.88 Å². The highest BCUT2D eigenvalue weighted by molar-refractivity contribution is 5.76. The Kier molecular flexibility index (Phi) is 4.33. The number of nitrogens with one attached hydrogen (secondary N) is 1. The van der Waals surface area contributed by atoms with Crippen LogP contribution in [0.4, 0.5) is 0 Å². The molecule has 2 aromatic heterocycles. The minimum Gasteiger partial charge on any atom is -0.350 e. The van der Waals surface area contributed by atoms with Crippen molar-refractivity contribution in [3.8, 4) is 0 Å². The zero-order valence-corrected chi connectivity index (χ0v) is 11.2. The summed E-state index contributed by atoms with van der Waals surface area (Å²) in [5, 5.41) is 11.2.